The highest BCUT2D eigenvalue weighted by atomic mass is 35.5. The van der Waals surface area contributed by atoms with Gasteiger partial charge in [0.05, 0.1) is 5.02 Å². The average Bonchev–Trinajstić information content (AvgIpc) is 2.64. The Bertz CT molecular complexity index is 564. The molecule has 0 fully saturated rings. The number of thioether (sulfide) groups is 1. The lowest BCUT2D eigenvalue weighted by molar-refractivity contribution is -0.134. The first-order valence-electron chi connectivity index (χ1n) is 5.56. The number of hydrazone groups is 1. The van der Waals surface area contributed by atoms with E-state index in [9.17, 15) is 10.0 Å². The van der Waals surface area contributed by atoms with Gasteiger partial charge >= 0.3 is 0 Å². The fourth-order valence-electron chi connectivity index (χ4n) is 1.98. The number of carbonyl (C=O) groups excluding carboxylic acids is 1. The van der Waals surface area contributed by atoms with E-state index in [4.69, 9.17) is 11.6 Å². The van der Waals surface area contributed by atoms with Crippen LogP contribution in [0.4, 0.5) is 0 Å². The first kappa shape index (κ1) is 14.3. The highest BCUT2D eigenvalue weighted by Gasteiger charge is 2.46. The lowest BCUT2D eigenvalue weighted by Crippen LogP contribution is -2.53. The SMILES string of the molecule is CSc1ccc(C2=NN(C)C(=O)C2(C)NO)cc1Cl. The Morgan fingerprint density at radius 1 is 1.53 bits per heavy atom. The number of halogens is 1. The Morgan fingerprint density at radius 2 is 2.21 bits per heavy atom. The molecule has 7 heteroatoms. The maximum Gasteiger partial charge on any atom is 0.270 e. The van der Waals surface area contributed by atoms with Gasteiger partial charge in [-0.25, -0.2) is 5.01 Å². The van der Waals surface area contributed by atoms with Gasteiger partial charge in [-0.1, -0.05) is 17.7 Å². The Morgan fingerprint density at radius 3 is 2.74 bits per heavy atom. The number of rotatable bonds is 3. The lowest BCUT2D eigenvalue weighted by Gasteiger charge is -2.22. The van der Waals surface area contributed by atoms with Crippen molar-refractivity contribution >= 4 is 35.0 Å². The number of benzene rings is 1. The van der Waals surface area contributed by atoms with Gasteiger partial charge in [0, 0.05) is 17.5 Å². The van der Waals surface area contributed by atoms with Gasteiger partial charge in [-0.2, -0.15) is 10.6 Å². The predicted octanol–water partition coefficient (Wildman–Crippen LogP) is 1.98. The van der Waals surface area contributed by atoms with Crippen molar-refractivity contribution < 1.29 is 10.0 Å². The molecule has 1 aromatic rings. The first-order chi connectivity index (χ1) is 8.93. The largest absolute Gasteiger partial charge is 0.315 e. The quantitative estimate of drug-likeness (QED) is 0.662. The molecule has 1 aliphatic heterocycles. The smallest absolute Gasteiger partial charge is 0.270 e. The van der Waals surface area contributed by atoms with Gasteiger partial charge in [0.15, 0.2) is 5.54 Å². The molecule has 1 unspecified atom stereocenters. The highest BCUT2D eigenvalue weighted by molar-refractivity contribution is 7.98. The number of hydrogen-bond acceptors (Lipinski definition) is 5. The molecule has 1 aliphatic rings. The minimum absolute atomic E-state index is 0.324. The van der Waals surface area contributed by atoms with Crippen LogP contribution in [-0.4, -0.2) is 40.7 Å². The number of hydrogen-bond donors (Lipinski definition) is 2. The minimum Gasteiger partial charge on any atom is -0.315 e. The monoisotopic (exact) mass is 299 g/mol. The predicted molar refractivity (Wildman–Crippen MR) is 75.9 cm³/mol. The van der Waals surface area contributed by atoms with Crippen molar-refractivity contribution in [2.75, 3.05) is 13.3 Å². The van der Waals surface area contributed by atoms with E-state index in [2.05, 4.69) is 5.10 Å². The van der Waals surface area contributed by atoms with Gasteiger partial charge in [-0.15, -0.1) is 11.8 Å². The molecular formula is C12H14ClN3O2S. The molecule has 1 atom stereocenters. The molecule has 1 aromatic carbocycles. The van der Waals surface area contributed by atoms with Crippen molar-refractivity contribution in [3.8, 4) is 0 Å². The molecule has 2 N–H and O–H groups in total. The third kappa shape index (κ3) is 2.25. The summed E-state index contributed by atoms with van der Waals surface area (Å²) in [5.41, 5.74) is 1.94. The van der Waals surface area contributed by atoms with Gasteiger partial charge < -0.3 is 5.21 Å². The van der Waals surface area contributed by atoms with Crippen molar-refractivity contribution in [1.29, 1.82) is 0 Å². The summed E-state index contributed by atoms with van der Waals surface area (Å²) < 4.78 is 0. The third-order valence-electron chi connectivity index (χ3n) is 3.09. The van der Waals surface area contributed by atoms with Crippen LogP contribution < -0.4 is 5.48 Å². The summed E-state index contributed by atoms with van der Waals surface area (Å²) >= 11 is 7.70. The van der Waals surface area contributed by atoms with Crippen molar-refractivity contribution in [3.63, 3.8) is 0 Å². The second kappa shape index (κ2) is 5.13. The van der Waals surface area contributed by atoms with Gasteiger partial charge in [-0.05, 0) is 25.3 Å². The molecule has 0 bridgehead atoms. The van der Waals surface area contributed by atoms with Crippen LogP contribution >= 0.6 is 23.4 Å². The maximum absolute atomic E-state index is 12.0. The van der Waals surface area contributed by atoms with Crippen LogP contribution in [-0.2, 0) is 4.79 Å². The molecule has 1 heterocycles. The Balaban J connectivity index is 2.49. The number of carbonyl (C=O) groups is 1. The molecule has 1 amide bonds. The minimum atomic E-state index is -1.25. The van der Waals surface area contributed by atoms with E-state index in [0.717, 1.165) is 4.90 Å². The molecule has 0 spiro atoms. The molecule has 102 valence electrons. The van der Waals surface area contributed by atoms with Crippen LogP contribution in [0.5, 0.6) is 0 Å². The Hall–Kier alpha value is -1.08. The van der Waals surface area contributed by atoms with Crippen molar-refractivity contribution in [1.82, 2.24) is 10.5 Å². The number of nitrogens with one attached hydrogen (secondary N) is 1. The van der Waals surface area contributed by atoms with Crippen LogP contribution in [0.25, 0.3) is 0 Å². The normalized spacial score (nSPS) is 22.9. The highest BCUT2D eigenvalue weighted by Crippen LogP contribution is 2.30. The summed E-state index contributed by atoms with van der Waals surface area (Å²) in [5, 5.41) is 15.3. The summed E-state index contributed by atoms with van der Waals surface area (Å²) in [5.74, 6) is -0.324. The summed E-state index contributed by atoms with van der Waals surface area (Å²) in [6.07, 6.45) is 1.94. The zero-order valence-electron chi connectivity index (χ0n) is 10.8. The molecule has 19 heavy (non-hydrogen) atoms. The molecule has 2 rings (SSSR count). The molecule has 0 saturated carbocycles. The maximum atomic E-state index is 12.0. The van der Waals surface area contributed by atoms with Crippen LogP contribution in [0.3, 0.4) is 0 Å². The molecule has 5 nitrogen and oxygen atoms in total. The number of hydroxylamine groups is 1. The number of amides is 1. The van der Waals surface area contributed by atoms with E-state index in [1.165, 1.54) is 16.8 Å². The summed E-state index contributed by atoms with van der Waals surface area (Å²) in [6, 6.07) is 5.44. The topological polar surface area (TPSA) is 64.9 Å². The zero-order chi connectivity index (χ0) is 14.2. The second-order valence-corrected chi connectivity index (χ2v) is 5.62. The summed E-state index contributed by atoms with van der Waals surface area (Å²) in [7, 11) is 1.54. The van der Waals surface area contributed by atoms with E-state index < -0.39 is 5.54 Å². The van der Waals surface area contributed by atoms with Crippen molar-refractivity contribution in [2.45, 2.75) is 17.4 Å². The van der Waals surface area contributed by atoms with E-state index in [1.807, 2.05) is 23.9 Å². The average molecular weight is 300 g/mol. The fourth-order valence-corrected chi connectivity index (χ4v) is 2.85. The van der Waals surface area contributed by atoms with Gasteiger partial charge in [0.2, 0.25) is 0 Å². The second-order valence-electron chi connectivity index (χ2n) is 4.36. The van der Waals surface area contributed by atoms with E-state index in [-0.39, 0.29) is 5.91 Å². The Labute approximate surface area is 120 Å². The molecule has 0 aliphatic carbocycles. The molecule has 0 radical (unpaired) electrons. The van der Waals surface area contributed by atoms with Crippen LogP contribution in [0.1, 0.15) is 12.5 Å². The van der Waals surface area contributed by atoms with E-state index in [0.29, 0.717) is 16.3 Å². The Kier molecular flexibility index (Phi) is 3.87. The molecular weight excluding hydrogens is 286 g/mol. The third-order valence-corrected chi connectivity index (χ3v) is 4.31. The van der Waals surface area contributed by atoms with Crippen LogP contribution in [0, 0.1) is 0 Å². The summed E-state index contributed by atoms with van der Waals surface area (Å²) in [4.78, 5) is 12.9. The van der Waals surface area contributed by atoms with Crippen LogP contribution in [0.2, 0.25) is 5.02 Å². The lowest BCUT2D eigenvalue weighted by atomic mass is 9.91. The number of likely N-dealkylation sites (N-methyl/N-ethyl adjacent to an activating group) is 1. The number of nitrogens with zero attached hydrogens (tertiary/aromatic N) is 2. The van der Waals surface area contributed by atoms with Gasteiger partial charge in [0.1, 0.15) is 5.71 Å². The van der Waals surface area contributed by atoms with E-state index in [1.54, 1.807) is 20.0 Å². The van der Waals surface area contributed by atoms with Crippen LogP contribution in [0.15, 0.2) is 28.2 Å². The first-order valence-corrected chi connectivity index (χ1v) is 7.16. The van der Waals surface area contributed by atoms with Crippen molar-refractivity contribution in [3.05, 3.63) is 28.8 Å². The van der Waals surface area contributed by atoms with E-state index >= 15 is 0 Å². The molecule has 0 saturated heterocycles. The van der Waals surface area contributed by atoms with Gasteiger partial charge in [0.25, 0.3) is 5.91 Å². The van der Waals surface area contributed by atoms with Gasteiger partial charge in [-0.3, -0.25) is 4.79 Å². The summed E-state index contributed by atoms with van der Waals surface area (Å²) in [6.45, 7) is 1.58. The fraction of sp³-hybridized carbons (Fsp3) is 0.333. The zero-order valence-corrected chi connectivity index (χ0v) is 12.3. The molecule has 0 aromatic heterocycles. The van der Waals surface area contributed by atoms with Crippen molar-refractivity contribution in [2.24, 2.45) is 5.10 Å². The standard InChI is InChI=1S/C12H14ClN3O2S/c1-12(15-18)10(14-16(2)11(12)17)7-4-5-9(19-3)8(13)6-7/h4-6,15,18H,1-3H3.